The summed E-state index contributed by atoms with van der Waals surface area (Å²) in [6, 6.07) is 21.5. The third-order valence-corrected chi connectivity index (χ3v) is 13.8. The van der Waals surface area contributed by atoms with Gasteiger partial charge in [-0.1, -0.05) is 68.3 Å². The number of nitrogens with zero attached hydrogens (tertiary/aromatic N) is 4. The predicted molar refractivity (Wildman–Crippen MR) is 248 cm³/mol. The Balaban J connectivity index is 0.767. The van der Waals surface area contributed by atoms with Crippen LogP contribution in [-0.4, -0.2) is 76.7 Å². The summed E-state index contributed by atoms with van der Waals surface area (Å²) in [5.41, 5.74) is 7.37. The smallest absolute Gasteiger partial charge is 0.272 e. The molecule has 0 spiro atoms. The van der Waals surface area contributed by atoms with Crippen molar-refractivity contribution in [2.75, 3.05) is 36.4 Å². The number of aryl methyl sites for hydroxylation is 2. The van der Waals surface area contributed by atoms with Crippen LogP contribution >= 0.6 is 0 Å². The second-order valence-electron chi connectivity index (χ2n) is 18.6. The van der Waals surface area contributed by atoms with Gasteiger partial charge in [0.25, 0.3) is 17.7 Å². The number of aldehydes is 1. The van der Waals surface area contributed by atoms with Crippen LogP contribution in [0.2, 0.25) is 0 Å². The lowest BCUT2D eigenvalue weighted by Gasteiger charge is -2.34. The van der Waals surface area contributed by atoms with Crippen LogP contribution in [-0.2, 0) is 28.9 Å². The lowest BCUT2D eigenvalue weighted by molar-refractivity contribution is -0.117. The number of ketones is 1. The molecule has 1 N–H and O–H groups in total. The molecule has 3 aromatic rings. The average Bonchev–Trinajstić information content (AvgIpc) is 3.73. The number of fused-ring (bicyclic) bond motifs is 2. The summed E-state index contributed by atoms with van der Waals surface area (Å²) < 4.78 is 30.4. The molecule has 8 rings (SSSR count). The van der Waals surface area contributed by atoms with Gasteiger partial charge in [0.15, 0.2) is 0 Å². The number of anilines is 2. The van der Waals surface area contributed by atoms with E-state index in [0.717, 1.165) is 93.5 Å². The molecule has 336 valence electrons. The number of Topliss-reactive ketones (excluding diaryl/α,β-unsaturated/α-hetero) is 1. The molecular formula is C53H61F2N5O4. The highest BCUT2D eigenvalue weighted by molar-refractivity contribution is 6.24. The maximum Gasteiger partial charge on any atom is 0.272 e. The molecular weight excluding hydrogens is 809 g/mol. The Bertz CT molecular complexity index is 2350. The van der Waals surface area contributed by atoms with E-state index in [-0.39, 0.29) is 35.3 Å². The van der Waals surface area contributed by atoms with Gasteiger partial charge in [-0.2, -0.15) is 0 Å². The Hall–Kier alpha value is -5.68. The molecule has 1 aliphatic carbocycles. The van der Waals surface area contributed by atoms with Crippen LogP contribution in [0.1, 0.15) is 115 Å². The number of imide groups is 1. The van der Waals surface area contributed by atoms with Crippen molar-refractivity contribution in [3.05, 3.63) is 142 Å². The van der Waals surface area contributed by atoms with E-state index in [0.29, 0.717) is 42.5 Å². The van der Waals surface area contributed by atoms with E-state index in [4.69, 9.17) is 0 Å². The Labute approximate surface area is 376 Å². The number of likely N-dealkylation sites (tertiary alicyclic amines) is 1. The van der Waals surface area contributed by atoms with Crippen molar-refractivity contribution < 1.29 is 28.0 Å². The third kappa shape index (κ3) is 10.1. The van der Waals surface area contributed by atoms with Crippen LogP contribution in [0.3, 0.4) is 0 Å². The molecule has 9 nitrogen and oxygen atoms in total. The van der Waals surface area contributed by atoms with Gasteiger partial charge in [0.05, 0.1) is 22.9 Å². The molecule has 1 saturated heterocycles. The molecule has 5 aliphatic rings. The van der Waals surface area contributed by atoms with Gasteiger partial charge in [-0.15, -0.1) is 0 Å². The Morgan fingerprint density at radius 3 is 2.31 bits per heavy atom. The number of halogens is 2. The van der Waals surface area contributed by atoms with E-state index >= 15 is 8.78 Å². The third-order valence-electron chi connectivity index (χ3n) is 13.8. The maximum absolute atomic E-state index is 15.2. The molecule has 4 aliphatic heterocycles. The van der Waals surface area contributed by atoms with Crippen molar-refractivity contribution >= 4 is 35.3 Å². The Morgan fingerprint density at radius 2 is 1.62 bits per heavy atom. The standard InChI is InChI=1S/C53H61F2N5O4/c1-36(62)16-23-45(35-61)60-51(63)46-14-8-15-48(50(46)52(60)64)56-26-5-4-9-38-17-19-39(20-18-38)21-22-40-24-27-57(28-25-40)32-43-31-47(53(3,54)55)49-34-58(37(2)59(49)33-43)44-13-7-12-42(30-44)29-41-10-6-11-41/h7-8,12-15,17-20,30-31,33-35,40-41,45,56H,2,4-6,9-11,16,21-29,32H2,1,3H3. The van der Waals surface area contributed by atoms with Crippen molar-refractivity contribution in [2.45, 2.75) is 109 Å². The molecule has 1 unspecified atom stereocenters. The summed E-state index contributed by atoms with van der Waals surface area (Å²) in [5, 5.41) is 3.33. The maximum atomic E-state index is 15.2. The first-order chi connectivity index (χ1) is 30.9. The van der Waals surface area contributed by atoms with E-state index in [1.165, 1.54) is 42.9 Å². The summed E-state index contributed by atoms with van der Waals surface area (Å²) >= 11 is 0. The minimum Gasteiger partial charge on any atom is -0.384 e. The summed E-state index contributed by atoms with van der Waals surface area (Å²) in [7, 11) is 0. The van der Waals surface area contributed by atoms with Crippen molar-refractivity contribution in [3.8, 4) is 0 Å². The van der Waals surface area contributed by atoms with Crippen LogP contribution in [0.4, 0.5) is 20.2 Å². The average molecular weight is 870 g/mol. The van der Waals surface area contributed by atoms with Crippen LogP contribution in [0.25, 0.3) is 0 Å². The van der Waals surface area contributed by atoms with Crippen molar-refractivity contribution in [2.24, 2.45) is 11.8 Å². The number of carbonyl (C=O) groups is 4. The second kappa shape index (κ2) is 19.6. The Morgan fingerprint density at radius 1 is 0.891 bits per heavy atom. The minimum atomic E-state index is -3.00. The number of benzene rings is 3. The van der Waals surface area contributed by atoms with Gasteiger partial charge in [-0.25, -0.2) is 8.78 Å². The molecule has 2 fully saturated rings. The molecule has 0 radical (unpaired) electrons. The fourth-order valence-corrected chi connectivity index (χ4v) is 9.82. The van der Waals surface area contributed by atoms with Crippen LogP contribution < -0.4 is 10.2 Å². The first-order valence-electron chi connectivity index (χ1n) is 23.2. The zero-order chi connectivity index (χ0) is 45.0. The van der Waals surface area contributed by atoms with E-state index in [9.17, 15) is 19.2 Å². The molecule has 11 heteroatoms. The number of nitrogens with one attached hydrogen (secondary N) is 1. The molecule has 3 aromatic carbocycles. The highest BCUT2D eigenvalue weighted by Gasteiger charge is 2.42. The molecule has 2 amide bonds. The number of hydrogen-bond acceptors (Lipinski definition) is 8. The highest BCUT2D eigenvalue weighted by atomic mass is 19.3. The fraction of sp³-hybridized carbons (Fsp3) is 0.434. The fourth-order valence-electron chi connectivity index (χ4n) is 9.82. The lowest BCUT2D eigenvalue weighted by atomic mass is 9.81. The summed E-state index contributed by atoms with van der Waals surface area (Å²) in [4.78, 5) is 56.9. The number of piperidine rings is 1. The lowest BCUT2D eigenvalue weighted by Crippen LogP contribution is -2.41. The highest BCUT2D eigenvalue weighted by Crippen LogP contribution is 2.43. The van der Waals surface area contributed by atoms with E-state index in [2.05, 4.69) is 59.3 Å². The van der Waals surface area contributed by atoms with Gasteiger partial charge in [0.2, 0.25) is 0 Å². The molecule has 1 saturated carbocycles. The predicted octanol–water partition coefficient (Wildman–Crippen LogP) is 10.3. The number of amides is 2. The van der Waals surface area contributed by atoms with Crippen molar-refractivity contribution in [1.29, 1.82) is 0 Å². The number of rotatable bonds is 20. The molecule has 64 heavy (non-hydrogen) atoms. The Kier molecular flexibility index (Phi) is 13.8. The molecule has 1 atom stereocenters. The molecule has 0 aromatic heterocycles. The second-order valence-corrected chi connectivity index (χ2v) is 18.6. The van der Waals surface area contributed by atoms with Gasteiger partial charge < -0.3 is 24.7 Å². The van der Waals surface area contributed by atoms with Crippen molar-refractivity contribution in [3.63, 3.8) is 0 Å². The monoisotopic (exact) mass is 869 g/mol. The number of carbonyl (C=O) groups excluding carboxylic acids is 4. The topological polar surface area (TPSA) is 93.3 Å². The molecule has 0 bridgehead atoms. The zero-order valence-electron chi connectivity index (χ0n) is 37.3. The first kappa shape index (κ1) is 44.9. The quantitative estimate of drug-likeness (QED) is 0.0682. The van der Waals surface area contributed by atoms with E-state index in [1.807, 2.05) is 28.3 Å². The number of allylic oxidation sites excluding steroid dienone is 1. The largest absolute Gasteiger partial charge is 0.384 e. The summed E-state index contributed by atoms with van der Waals surface area (Å²) in [6.07, 6.45) is 18.3. The normalized spacial score (nSPS) is 18.7. The van der Waals surface area contributed by atoms with Gasteiger partial charge in [-0.3, -0.25) is 19.4 Å². The van der Waals surface area contributed by atoms with Crippen LogP contribution in [0.15, 0.2) is 114 Å². The number of unbranched alkanes of at least 4 members (excludes halogenated alkanes) is 1. The van der Waals surface area contributed by atoms with Gasteiger partial charge >= 0.3 is 0 Å². The van der Waals surface area contributed by atoms with Gasteiger partial charge in [0.1, 0.15) is 17.9 Å². The SMILES string of the molecule is C=C1N2C=C(CN3CCC(CCc4ccc(CCCCNc5cccc6c5C(=O)N(C(C=O)CCC(C)=O)C6=O)cc4)CC3)C=C(C(C)(F)F)C2=CN1c1cccc(CC2CCC2)c1. The van der Waals surface area contributed by atoms with Gasteiger partial charge in [-0.05, 0) is 142 Å². The van der Waals surface area contributed by atoms with Gasteiger partial charge in [0, 0.05) is 55.8 Å². The van der Waals surface area contributed by atoms with Crippen LogP contribution in [0.5, 0.6) is 0 Å². The van der Waals surface area contributed by atoms with E-state index < -0.39 is 23.8 Å². The first-order valence-corrected chi connectivity index (χ1v) is 23.2. The molecule has 4 heterocycles. The van der Waals surface area contributed by atoms with Crippen LogP contribution in [0, 0.1) is 11.8 Å². The summed E-state index contributed by atoms with van der Waals surface area (Å²) in [5.74, 6) is -2.08. The number of hydrogen-bond donors (Lipinski definition) is 1. The van der Waals surface area contributed by atoms with Crippen molar-refractivity contribution in [1.82, 2.24) is 14.7 Å². The number of alkyl halides is 2. The van der Waals surface area contributed by atoms with E-state index in [1.54, 1.807) is 24.3 Å². The summed E-state index contributed by atoms with van der Waals surface area (Å²) in [6.45, 7) is 9.90. The minimum absolute atomic E-state index is 0.0320. The zero-order valence-corrected chi connectivity index (χ0v) is 37.3.